The van der Waals surface area contributed by atoms with Gasteiger partial charge in [0.1, 0.15) is 23.3 Å². The highest BCUT2D eigenvalue weighted by Crippen LogP contribution is 2.30. The molecule has 1 atom stereocenters. The Morgan fingerprint density at radius 2 is 1.69 bits per heavy atom. The summed E-state index contributed by atoms with van der Waals surface area (Å²) < 4.78 is 40.4. The van der Waals surface area contributed by atoms with Crippen molar-refractivity contribution in [3.63, 3.8) is 0 Å². The summed E-state index contributed by atoms with van der Waals surface area (Å²) in [5, 5.41) is 2.69. The fourth-order valence-corrected chi connectivity index (χ4v) is 4.92. The molecule has 1 heterocycles. The van der Waals surface area contributed by atoms with Gasteiger partial charge in [0.25, 0.3) is 15.9 Å². The first kappa shape index (κ1) is 23.4. The van der Waals surface area contributed by atoms with Crippen molar-refractivity contribution in [3.05, 3.63) is 65.5 Å². The Morgan fingerprint density at radius 1 is 1.06 bits per heavy atom. The van der Waals surface area contributed by atoms with E-state index in [1.807, 2.05) is 0 Å². The van der Waals surface area contributed by atoms with Gasteiger partial charge < -0.3 is 10.2 Å². The Balaban J connectivity index is 1.91. The van der Waals surface area contributed by atoms with E-state index in [9.17, 15) is 27.2 Å². The van der Waals surface area contributed by atoms with Crippen LogP contribution in [0.15, 0.2) is 53.4 Å². The highest BCUT2D eigenvalue weighted by atomic mass is 32.2. The minimum Gasteiger partial charge on any atom is -0.352 e. The number of carbonyl (C=O) groups excluding carboxylic acids is 3. The Labute approximate surface area is 186 Å². The fourth-order valence-electron chi connectivity index (χ4n) is 3.40. The molecule has 0 saturated carbocycles. The zero-order valence-electron chi connectivity index (χ0n) is 17.9. The third-order valence-corrected chi connectivity index (χ3v) is 6.87. The van der Waals surface area contributed by atoms with Gasteiger partial charge in [-0.05, 0) is 39.0 Å². The molecule has 1 aliphatic rings. The molecular weight excluding hydrogens is 437 g/mol. The van der Waals surface area contributed by atoms with Gasteiger partial charge in [-0.15, -0.1) is 0 Å². The van der Waals surface area contributed by atoms with E-state index in [1.54, 1.807) is 19.9 Å². The SMILES string of the molecule is CC(C)NC(=O)[C@H](C)N(Cc1ccccc1F)C(=O)CN1C(=O)c2ccccc2S1(=O)=O. The van der Waals surface area contributed by atoms with E-state index < -0.39 is 46.1 Å². The number of fused-ring (bicyclic) bond motifs is 1. The number of halogens is 1. The monoisotopic (exact) mass is 461 g/mol. The van der Waals surface area contributed by atoms with Crippen LogP contribution in [0, 0.1) is 5.82 Å². The van der Waals surface area contributed by atoms with Crippen LogP contribution in [0.3, 0.4) is 0 Å². The van der Waals surface area contributed by atoms with Crippen LogP contribution in [0.25, 0.3) is 0 Å². The van der Waals surface area contributed by atoms with Gasteiger partial charge in [0.15, 0.2) is 0 Å². The molecule has 2 aromatic carbocycles. The van der Waals surface area contributed by atoms with Crippen LogP contribution in [0.1, 0.15) is 36.7 Å². The second kappa shape index (κ2) is 9.07. The summed E-state index contributed by atoms with van der Waals surface area (Å²) >= 11 is 0. The Morgan fingerprint density at radius 3 is 2.31 bits per heavy atom. The maximum Gasteiger partial charge on any atom is 0.269 e. The van der Waals surface area contributed by atoms with E-state index in [2.05, 4.69) is 5.32 Å². The van der Waals surface area contributed by atoms with Gasteiger partial charge in [-0.25, -0.2) is 17.1 Å². The molecule has 0 aliphatic carbocycles. The maximum atomic E-state index is 14.3. The van der Waals surface area contributed by atoms with Crippen molar-refractivity contribution in [2.24, 2.45) is 0 Å². The highest BCUT2D eigenvalue weighted by Gasteiger charge is 2.43. The normalized spacial score (nSPS) is 15.4. The number of hydrogen-bond donors (Lipinski definition) is 1. The van der Waals surface area contributed by atoms with Gasteiger partial charge >= 0.3 is 0 Å². The molecule has 170 valence electrons. The minimum absolute atomic E-state index is 0.0217. The second-order valence-corrected chi connectivity index (χ2v) is 9.60. The molecule has 0 unspecified atom stereocenters. The summed E-state index contributed by atoms with van der Waals surface area (Å²) in [6.45, 7) is 3.89. The molecular formula is C22H24FN3O5S. The lowest BCUT2D eigenvalue weighted by atomic mass is 10.1. The van der Waals surface area contributed by atoms with Crippen LogP contribution in [0.5, 0.6) is 0 Å². The molecule has 1 aliphatic heterocycles. The molecule has 8 nitrogen and oxygen atoms in total. The summed E-state index contributed by atoms with van der Waals surface area (Å²) in [5.74, 6) is -2.67. The van der Waals surface area contributed by atoms with Gasteiger partial charge in [0, 0.05) is 18.2 Å². The van der Waals surface area contributed by atoms with Gasteiger partial charge in [-0.2, -0.15) is 0 Å². The van der Waals surface area contributed by atoms with Gasteiger partial charge in [-0.1, -0.05) is 30.3 Å². The zero-order chi connectivity index (χ0) is 23.6. The lowest BCUT2D eigenvalue weighted by Crippen LogP contribution is -2.52. The molecule has 3 rings (SSSR count). The smallest absolute Gasteiger partial charge is 0.269 e. The van der Waals surface area contributed by atoms with Crippen LogP contribution in [0.2, 0.25) is 0 Å². The van der Waals surface area contributed by atoms with Crippen LogP contribution in [0.4, 0.5) is 4.39 Å². The number of benzene rings is 2. The summed E-state index contributed by atoms with van der Waals surface area (Å²) in [6.07, 6.45) is 0. The third-order valence-electron chi connectivity index (χ3n) is 5.09. The molecule has 1 N–H and O–H groups in total. The Hall–Kier alpha value is -3.27. The molecule has 0 aromatic heterocycles. The van der Waals surface area contributed by atoms with E-state index >= 15 is 0 Å². The van der Waals surface area contributed by atoms with Crippen molar-refractivity contribution in [2.75, 3.05) is 6.54 Å². The number of carbonyl (C=O) groups is 3. The van der Waals surface area contributed by atoms with E-state index in [0.717, 1.165) is 4.90 Å². The Kier molecular flexibility index (Phi) is 6.63. The summed E-state index contributed by atoms with van der Waals surface area (Å²) in [5.41, 5.74) is 0.135. The van der Waals surface area contributed by atoms with Crippen molar-refractivity contribution in [1.29, 1.82) is 0 Å². The first-order chi connectivity index (χ1) is 15.0. The van der Waals surface area contributed by atoms with Crippen molar-refractivity contribution in [1.82, 2.24) is 14.5 Å². The third kappa shape index (κ3) is 4.50. The second-order valence-electron chi connectivity index (χ2n) is 7.77. The molecule has 10 heteroatoms. The van der Waals surface area contributed by atoms with E-state index in [1.165, 1.54) is 49.4 Å². The average molecular weight is 462 g/mol. The van der Waals surface area contributed by atoms with Gasteiger partial charge in [0.05, 0.1) is 5.56 Å². The number of sulfonamides is 1. The van der Waals surface area contributed by atoms with Gasteiger partial charge in [0.2, 0.25) is 11.8 Å². The minimum atomic E-state index is -4.21. The zero-order valence-corrected chi connectivity index (χ0v) is 18.7. The maximum absolute atomic E-state index is 14.3. The van der Waals surface area contributed by atoms with Crippen molar-refractivity contribution in [2.45, 2.75) is 44.3 Å². The van der Waals surface area contributed by atoms with Crippen LogP contribution in [-0.4, -0.2) is 54.0 Å². The predicted octanol–water partition coefficient (Wildman–Crippen LogP) is 1.91. The summed E-state index contributed by atoms with van der Waals surface area (Å²) in [6, 6.07) is 10.2. The predicted molar refractivity (Wildman–Crippen MR) is 114 cm³/mol. The number of amides is 3. The molecule has 32 heavy (non-hydrogen) atoms. The van der Waals surface area contributed by atoms with E-state index in [4.69, 9.17) is 0 Å². The average Bonchev–Trinajstić information content (AvgIpc) is 2.93. The molecule has 0 saturated heterocycles. The molecule has 2 aromatic rings. The fraction of sp³-hybridized carbons (Fsp3) is 0.318. The van der Waals surface area contributed by atoms with Crippen LogP contribution < -0.4 is 5.32 Å². The molecule has 0 bridgehead atoms. The molecule has 0 spiro atoms. The lowest BCUT2D eigenvalue weighted by Gasteiger charge is -2.30. The number of nitrogens with zero attached hydrogens (tertiary/aromatic N) is 2. The largest absolute Gasteiger partial charge is 0.352 e. The molecule has 3 amide bonds. The quantitative estimate of drug-likeness (QED) is 0.679. The first-order valence-corrected chi connectivity index (χ1v) is 11.5. The van der Waals surface area contributed by atoms with E-state index in [0.29, 0.717) is 4.31 Å². The van der Waals surface area contributed by atoms with Crippen LogP contribution in [-0.2, 0) is 26.2 Å². The summed E-state index contributed by atoms with van der Waals surface area (Å²) in [4.78, 5) is 39.3. The van der Waals surface area contributed by atoms with Gasteiger partial charge in [-0.3, -0.25) is 14.4 Å². The van der Waals surface area contributed by atoms with E-state index in [-0.39, 0.29) is 28.6 Å². The number of rotatable bonds is 7. The van der Waals surface area contributed by atoms with Crippen molar-refractivity contribution in [3.8, 4) is 0 Å². The van der Waals surface area contributed by atoms with Crippen molar-refractivity contribution >= 4 is 27.7 Å². The lowest BCUT2D eigenvalue weighted by molar-refractivity contribution is -0.140. The number of hydrogen-bond acceptors (Lipinski definition) is 5. The number of nitrogens with one attached hydrogen (secondary N) is 1. The Bertz CT molecular complexity index is 1170. The first-order valence-electron chi connectivity index (χ1n) is 10.0. The van der Waals surface area contributed by atoms with Crippen molar-refractivity contribution < 1.29 is 27.2 Å². The standard InChI is InChI=1S/C22H24FN3O5S/c1-14(2)24-21(28)15(3)25(12-16-8-4-6-10-18(16)23)20(27)13-26-22(29)17-9-5-7-11-19(17)32(26,30)31/h4-11,14-15H,12-13H2,1-3H3,(H,24,28)/t15-/m0/s1. The molecule has 0 radical (unpaired) electrons. The molecule has 0 fully saturated rings. The summed E-state index contributed by atoms with van der Waals surface area (Å²) in [7, 11) is -4.21. The highest BCUT2D eigenvalue weighted by molar-refractivity contribution is 7.90. The van der Waals surface area contributed by atoms with Crippen LogP contribution >= 0.6 is 0 Å². The topological polar surface area (TPSA) is 104 Å².